The summed E-state index contributed by atoms with van der Waals surface area (Å²) < 4.78 is 0. The van der Waals surface area contributed by atoms with Crippen molar-refractivity contribution in [2.45, 2.75) is 57.9 Å². The van der Waals surface area contributed by atoms with Crippen LogP contribution in [0, 0.1) is 0 Å². The maximum absolute atomic E-state index is 11.9. The summed E-state index contributed by atoms with van der Waals surface area (Å²) in [4.78, 5) is 18.5. The van der Waals surface area contributed by atoms with Gasteiger partial charge in [0.15, 0.2) is 5.96 Å². The molecule has 20 heavy (non-hydrogen) atoms. The number of hydrogen-bond donors (Lipinski definition) is 2. The Kier molecular flexibility index (Phi) is 6.15. The quantitative estimate of drug-likeness (QED) is 0.440. The van der Waals surface area contributed by atoms with Gasteiger partial charge in [0.05, 0.1) is 0 Å². The molecule has 1 heterocycles. The lowest BCUT2D eigenvalue weighted by atomic mass is 10.2. The van der Waals surface area contributed by atoms with Crippen LogP contribution in [0.1, 0.15) is 51.9 Å². The van der Waals surface area contributed by atoms with Crippen LogP contribution >= 0.6 is 0 Å². The van der Waals surface area contributed by atoms with Crippen molar-refractivity contribution in [2.24, 2.45) is 4.99 Å². The molecule has 114 valence electrons. The highest BCUT2D eigenvalue weighted by Crippen LogP contribution is 2.18. The molecular formula is C15H28N4O. The molecular weight excluding hydrogens is 252 g/mol. The number of aliphatic imine (C=N–C) groups is 1. The molecule has 5 heteroatoms. The molecule has 2 fully saturated rings. The highest BCUT2D eigenvalue weighted by atomic mass is 16.2. The third-order valence-electron chi connectivity index (χ3n) is 3.79. The molecule has 2 N–H and O–H groups in total. The average molecular weight is 280 g/mol. The Bertz CT molecular complexity index is 339. The molecule has 1 aliphatic heterocycles. The first-order chi connectivity index (χ1) is 9.79. The van der Waals surface area contributed by atoms with Crippen molar-refractivity contribution in [3.63, 3.8) is 0 Å². The van der Waals surface area contributed by atoms with Gasteiger partial charge in [0.25, 0.3) is 0 Å². The zero-order valence-corrected chi connectivity index (χ0v) is 12.7. The van der Waals surface area contributed by atoms with Gasteiger partial charge >= 0.3 is 0 Å². The molecule has 1 saturated carbocycles. The molecule has 2 aliphatic rings. The minimum Gasteiger partial charge on any atom is -0.357 e. The van der Waals surface area contributed by atoms with Crippen LogP contribution in [0.3, 0.4) is 0 Å². The van der Waals surface area contributed by atoms with Crippen LogP contribution in [-0.2, 0) is 4.79 Å². The second kappa shape index (κ2) is 8.12. The molecule has 1 saturated heterocycles. The lowest BCUT2D eigenvalue weighted by molar-refractivity contribution is -0.130. The summed E-state index contributed by atoms with van der Waals surface area (Å²) in [5, 5.41) is 6.68. The minimum absolute atomic E-state index is 0.328. The normalized spacial score (nSPS) is 20.8. The molecule has 0 unspecified atom stereocenters. The number of likely N-dealkylation sites (tertiary alicyclic amines) is 1. The molecule has 0 aromatic heterocycles. The summed E-state index contributed by atoms with van der Waals surface area (Å²) in [5.74, 6) is 1.26. The SMILES string of the molecule is CCNC(=NCCCN1CCCCCC1=O)NC1CC1. The number of hydrogen-bond acceptors (Lipinski definition) is 2. The molecule has 0 bridgehead atoms. The van der Waals surface area contributed by atoms with Crippen molar-refractivity contribution >= 4 is 11.9 Å². The summed E-state index contributed by atoms with van der Waals surface area (Å²) in [6, 6.07) is 0.625. The van der Waals surface area contributed by atoms with Crippen LogP contribution < -0.4 is 10.6 Å². The molecule has 0 aromatic carbocycles. The predicted octanol–water partition coefficient (Wildman–Crippen LogP) is 1.50. The highest BCUT2D eigenvalue weighted by molar-refractivity contribution is 5.80. The van der Waals surface area contributed by atoms with E-state index in [2.05, 4.69) is 22.5 Å². The number of rotatable bonds is 6. The van der Waals surface area contributed by atoms with Crippen LogP contribution in [0.25, 0.3) is 0 Å². The zero-order valence-electron chi connectivity index (χ0n) is 12.7. The number of carbonyl (C=O) groups is 1. The van der Waals surface area contributed by atoms with E-state index in [1.54, 1.807) is 0 Å². The van der Waals surface area contributed by atoms with Crippen LogP contribution in [0.5, 0.6) is 0 Å². The van der Waals surface area contributed by atoms with Gasteiger partial charge in [0, 0.05) is 38.6 Å². The van der Waals surface area contributed by atoms with Gasteiger partial charge < -0.3 is 15.5 Å². The summed E-state index contributed by atoms with van der Waals surface area (Å²) >= 11 is 0. The highest BCUT2D eigenvalue weighted by Gasteiger charge is 2.22. The summed E-state index contributed by atoms with van der Waals surface area (Å²) in [6.45, 7) is 5.54. The fourth-order valence-electron chi connectivity index (χ4n) is 2.47. The van der Waals surface area contributed by atoms with E-state index < -0.39 is 0 Å². The van der Waals surface area contributed by atoms with Gasteiger partial charge in [-0.2, -0.15) is 0 Å². The van der Waals surface area contributed by atoms with E-state index in [0.717, 1.165) is 57.8 Å². The fraction of sp³-hybridized carbons (Fsp3) is 0.867. The van der Waals surface area contributed by atoms with E-state index >= 15 is 0 Å². The summed E-state index contributed by atoms with van der Waals surface area (Å²) in [7, 11) is 0. The Hall–Kier alpha value is -1.26. The van der Waals surface area contributed by atoms with Gasteiger partial charge in [0.2, 0.25) is 5.91 Å². The van der Waals surface area contributed by atoms with E-state index in [9.17, 15) is 4.79 Å². The number of amides is 1. The Balaban J connectivity index is 1.68. The number of nitrogens with zero attached hydrogens (tertiary/aromatic N) is 2. The van der Waals surface area contributed by atoms with Gasteiger partial charge in [-0.3, -0.25) is 9.79 Å². The molecule has 1 aliphatic carbocycles. The van der Waals surface area contributed by atoms with Crippen LogP contribution in [0.4, 0.5) is 0 Å². The Labute approximate surface area is 122 Å². The second-order valence-electron chi connectivity index (χ2n) is 5.72. The molecule has 2 rings (SSSR count). The molecule has 0 aromatic rings. The van der Waals surface area contributed by atoms with E-state index in [0.29, 0.717) is 11.9 Å². The van der Waals surface area contributed by atoms with Crippen molar-refractivity contribution in [2.75, 3.05) is 26.2 Å². The van der Waals surface area contributed by atoms with Crippen LogP contribution in [-0.4, -0.2) is 49.0 Å². The van der Waals surface area contributed by atoms with Gasteiger partial charge in [-0.1, -0.05) is 6.42 Å². The molecule has 0 atom stereocenters. The third kappa shape index (κ3) is 5.39. The van der Waals surface area contributed by atoms with Gasteiger partial charge in [-0.25, -0.2) is 0 Å². The topological polar surface area (TPSA) is 56.7 Å². The number of carbonyl (C=O) groups excluding carboxylic acids is 1. The van der Waals surface area contributed by atoms with Gasteiger partial charge in [-0.05, 0) is 39.0 Å². The van der Waals surface area contributed by atoms with E-state index in [1.807, 2.05) is 4.90 Å². The fourth-order valence-corrected chi connectivity index (χ4v) is 2.47. The number of guanidine groups is 1. The minimum atomic E-state index is 0.328. The Morgan fingerprint density at radius 2 is 2.20 bits per heavy atom. The van der Waals surface area contributed by atoms with Crippen molar-refractivity contribution in [3.05, 3.63) is 0 Å². The van der Waals surface area contributed by atoms with Crippen molar-refractivity contribution in [3.8, 4) is 0 Å². The molecule has 5 nitrogen and oxygen atoms in total. The largest absolute Gasteiger partial charge is 0.357 e. The Morgan fingerprint density at radius 3 is 2.95 bits per heavy atom. The van der Waals surface area contributed by atoms with Crippen molar-refractivity contribution < 1.29 is 4.79 Å². The van der Waals surface area contributed by atoms with Crippen LogP contribution in [0.2, 0.25) is 0 Å². The maximum atomic E-state index is 11.9. The van der Waals surface area contributed by atoms with Crippen LogP contribution in [0.15, 0.2) is 4.99 Å². The molecule has 0 spiro atoms. The Morgan fingerprint density at radius 1 is 1.35 bits per heavy atom. The monoisotopic (exact) mass is 280 g/mol. The van der Waals surface area contributed by atoms with Gasteiger partial charge in [-0.15, -0.1) is 0 Å². The molecule has 1 amide bonds. The standard InChI is InChI=1S/C15H28N4O/c1-2-16-15(18-13-8-9-13)17-10-6-12-19-11-5-3-4-7-14(19)20/h13H,2-12H2,1H3,(H2,16,17,18). The van der Waals surface area contributed by atoms with Gasteiger partial charge in [0.1, 0.15) is 0 Å². The zero-order chi connectivity index (χ0) is 14.2. The predicted molar refractivity (Wildman–Crippen MR) is 81.8 cm³/mol. The van der Waals surface area contributed by atoms with Crippen molar-refractivity contribution in [1.29, 1.82) is 0 Å². The molecule has 0 radical (unpaired) electrons. The summed E-state index contributed by atoms with van der Waals surface area (Å²) in [5.41, 5.74) is 0. The maximum Gasteiger partial charge on any atom is 0.222 e. The van der Waals surface area contributed by atoms with E-state index in [-0.39, 0.29) is 0 Å². The lowest BCUT2D eigenvalue weighted by Crippen LogP contribution is -2.38. The third-order valence-corrected chi connectivity index (χ3v) is 3.79. The first-order valence-electron chi connectivity index (χ1n) is 8.12. The summed E-state index contributed by atoms with van der Waals surface area (Å²) in [6.07, 6.45) is 7.60. The average Bonchev–Trinajstić information content (AvgIpc) is 3.25. The second-order valence-corrected chi connectivity index (χ2v) is 5.72. The lowest BCUT2D eigenvalue weighted by Gasteiger charge is -2.20. The number of nitrogens with one attached hydrogen (secondary N) is 2. The van der Waals surface area contributed by atoms with Crippen molar-refractivity contribution in [1.82, 2.24) is 15.5 Å². The smallest absolute Gasteiger partial charge is 0.222 e. The first-order valence-corrected chi connectivity index (χ1v) is 8.12. The van der Waals surface area contributed by atoms with E-state index in [4.69, 9.17) is 0 Å². The van der Waals surface area contributed by atoms with E-state index in [1.165, 1.54) is 19.3 Å². The first kappa shape index (κ1) is 15.1.